The lowest BCUT2D eigenvalue weighted by molar-refractivity contribution is -0.123. The summed E-state index contributed by atoms with van der Waals surface area (Å²) in [6.45, 7) is -1.20. The van der Waals surface area contributed by atoms with E-state index in [1.807, 2.05) is 31.2 Å². The fraction of sp³-hybridized carbons (Fsp3) is 0.263. The Hall–Kier alpha value is -2.96. The number of carbonyl (C=O) groups excluding carboxylic acids is 1. The van der Waals surface area contributed by atoms with Crippen LogP contribution in [0.3, 0.4) is 0 Å². The number of carbonyl (C=O) groups is 1. The molecule has 2 aromatic rings. The van der Waals surface area contributed by atoms with Crippen LogP contribution in [0.4, 0.5) is 14.5 Å². The SMILES string of the molecule is C[C@H]1Cc2ccccc2N1C(=O)CO/N=C\c1ccccc1OC(F)F. The maximum atomic E-state index is 12.4. The molecule has 26 heavy (non-hydrogen) atoms. The van der Waals surface area contributed by atoms with E-state index in [1.54, 1.807) is 23.1 Å². The van der Waals surface area contributed by atoms with E-state index in [-0.39, 0.29) is 24.3 Å². The van der Waals surface area contributed by atoms with E-state index >= 15 is 0 Å². The number of hydrogen-bond donors (Lipinski definition) is 0. The van der Waals surface area contributed by atoms with E-state index in [0.717, 1.165) is 17.7 Å². The van der Waals surface area contributed by atoms with E-state index in [0.29, 0.717) is 5.56 Å². The van der Waals surface area contributed by atoms with Crippen molar-refractivity contribution in [3.8, 4) is 5.75 Å². The predicted molar refractivity (Wildman–Crippen MR) is 93.7 cm³/mol. The first-order valence-electron chi connectivity index (χ1n) is 8.15. The summed E-state index contributed by atoms with van der Waals surface area (Å²) < 4.78 is 29.2. The number of halogens is 2. The molecule has 0 saturated heterocycles. The van der Waals surface area contributed by atoms with Crippen LogP contribution in [0.25, 0.3) is 0 Å². The number of rotatable bonds is 6. The van der Waals surface area contributed by atoms with E-state index < -0.39 is 6.61 Å². The fourth-order valence-corrected chi connectivity index (χ4v) is 2.99. The Bertz CT molecular complexity index is 811. The fourth-order valence-electron chi connectivity index (χ4n) is 2.99. The van der Waals surface area contributed by atoms with Crippen molar-refractivity contribution in [1.82, 2.24) is 0 Å². The minimum absolute atomic E-state index is 0.0109. The molecule has 7 heteroatoms. The first kappa shape index (κ1) is 17.8. The summed E-state index contributed by atoms with van der Waals surface area (Å²) in [4.78, 5) is 19.2. The summed E-state index contributed by atoms with van der Waals surface area (Å²) >= 11 is 0. The molecule has 0 aromatic heterocycles. The average Bonchev–Trinajstić information content (AvgIpc) is 2.95. The molecule has 0 fully saturated rings. The Kier molecular flexibility index (Phi) is 5.46. The zero-order valence-corrected chi connectivity index (χ0v) is 14.1. The zero-order chi connectivity index (χ0) is 18.5. The molecule has 0 spiro atoms. The molecular weight excluding hydrogens is 342 g/mol. The van der Waals surface area contributed by atoms with Crippen molar-refractivity contribution < 1.29 is 23.1 Å². The molecule has 0 bridgehead atoms. The Labute approximate surface area is 149 Å². The van der Waals surface area contributed by atoms with Gasteiger partial charge >= 0.3 is 6.61 Å². The van der Waals surface area contributed by atoms with E-state index in [1.165, 1.54) is 12.3 Å². The Morgan fingerprint density at radius 2 is 2.00 bits per heavy atom. The van der Waals surface area contributed by atoms with Crippen molar-refractivity contribution in [3.05, 3.63) is 59.7 Å². The van der Waals surface area contributed by atoms with Gasteiger partial charge in [-0.2, -0.15) is 8.78 Å². The van der Waals surface area contributed by atoms with Crippen LogP contribution in [-0.2, 0) is 16.1 Å². The van der Waals surface area contributed by atoms with Gasteiger partial charge in [0, 0.05) is 17.3 Å². The summed E-state index contributed by atoms with van der Waals surface area (Å²) in [5.41, 5.74) is 2.34. The Morgan fingerprint density at radius 3 is 2.81 bits per heavy atom. The topological polar surface area (TPSA) is 51.1 Å². The van der Waals surface area contributed by atoms with Gasteiger partial charge in [-0.1, -0.05) is 35.5 Å². The second-order valence-corrected chi connectivity index (χ2v) is 5.87. The van der Waals surface area contributed by atoms with Crippen molar-refractivity contribution in [2.45, 2.75) is 26.0 Å². The van der Waals surface area contributed by atoms with Crippen molar-refractivity contribution >= 4 is 17.8 Å². The van der Waals surface area contributed by atoms with Crippen LogP contribution in [-0.4, -0.2) is 31.4 Å². The monoisotopic (exact) mass is 360 g/mol. The Balaban J connectivity index is 1.60. The largest absolute Gasteiger partial charge is 0.434 e. The van der Waals surface area contributed by atoms with Crippen LogP contribution in [0.5, 0.6) is 5.75 Å². The summed E-state index contributed by atoms with van der Waals surface area (Å²) in [7, 11) is 0. The van der Waals surface area contributed by atoms with Gasteiger partial charge in [-0.25, -0.2) is 0 Å². The van der Waals surface area contributed by atoms with Crippen LogP contribution in [0.15, 0.2) is 53.7 Å². The predicted octanol–water partition coefficient (Wildman–Crippen LogP) is 3.62. The van der Waals surface area contributed by atoms with Crippen LogP contribution < -0.4 is 9.64 Å². The lowest BCUT2D eigenvalue weighted by atomic mass is 10.1. The lowest BCUT2D eigenvalue weighted by Crippen LogP contribution is -2.37. The van der Waals surface area contributed by atoms with Crippen LogP contribution in [0.1, 0.15) is 18.1 Å². The quantitative estimate of drug-likeness (QED) is 0.584. The van der Waals surface area contributed by atoms with Crippen molar-refractivity contribution in [2.24, 2.45) is 5.16 Å². The molecule has 0 radical (unpaired) electrons. The molecule has 2 aromatic carbocycles. The second kappa shape index (κ2) is 7.95. The third-order valence-corrected chi connectivity index (χ3v) is 4.07. The number of fused-ring (bicyclic) bond motifs is 1. The van der Waals surface area contributed by atoms with Crippen molar-refractivity contribution in [1.29, 1.82) is 0 Å². The van der Waals surface area contributed by atoms with Gasteiger partial charge in [-0.15, -0.1) is 0 Å². The highest BCUT2D eigenvalue weighted by Crippen LogP contribution is 2.31. The molecule has 1 aliphatic rings. The molecule has 0 N–H and O–H groups in total. The molecule has 1 aliphatic heterocycles. The van der Waals surface area contributed by atoms with E-state index in [9.17, 15) is 13.6 Å². The highest BCUT2D eigenvalue weighted by molar-refractivity contribution is 5.97. The van der Waals surface area contributed by atoms with Gasteiger partial charge in [0.1, 0.15) is 5.75 Å². The summed E-state index contributed by atoms with van der Waals surface area (Å²) in [5, 5.41) is 3.70. The van der Waals surface area contributed by atoms with Gasteiger partial charge in [0.25, 0.3) is 5.91 Å². The highest BCUT2D eigenvalue weighted by Gasteiger charge is 2.30. The molecule has 5 nitrogen and oxygen atoms in total. The van der Waals surface area contributed by atoms with E-state index in [2.05, 4.69) is 9.89 Å². The number of ether oxygens (including phenoxy) is 1. The number of para-hydroxylation sites is 2. The minimum atomic E-state index is -2.93. The number of amides is 1. The first-order valence-corrected chi connectivity index (χ1v) is 8.15. The molecule has 1 atom stereocenters. The van der Waals surface area contributed by atoms with Crippen LogP contribution >= 0.6 is 0 Å². The summed E-state index contributed by atoms with van der Waals surface area (Å²) in [6, 6.07) is 14.0. The lowest BCUT2D eigenvalue weighted by Gasteiger charge is -2.21. The van der Waals surface area contributed by atoms with Gasteiger partial charge in [0.2, 0.25) is 0 Å². The average molecular weight is 360 g/mol. The van der Waals surface area contributed by atoms with E-state index in [4.69, 9.17) is 4.84 Å². The normalized spacial score (nSPS) is 16.2. The number of hydrogen-bond acceptors (Lipinski definition) is 4. The second-order valence-electron chi connectivity index (χ2n) is 5.87. The maximum Gasteiger partial charge on any atom is 0.387 e. The molecule has 136 valence electrons. The number of nitrogens with zero attached hydrogens (tertiary/aromatic N) is 2. The molecule has 1 amide bonds. The Morgan fingerprint density at radius 1 is 1.27 bits per heavy atom. The first-order chi connectivity index (χ1) is 12.6. The van der Waals surface area contributed by atoms with Gasteiger partial charge in [-0.3, -0.25) is 4.79 Å². The van der Waals surface area contributed by atoms with Gasteiger partial charge in [0.05, 0.1) is 6.21 Å². The number of benzene rings is 2. The smallest absolute Gasteiger partial charge is 0.387 e. The van der Waals surface area contributed by atoms with Crippen molar-refractivity contribution in [2.75, 3.05) is 11.5 Å². The number of oxime groups is 1. The molecule has 1 heterocycles. The van der Waals surface area contributed by atoms with Crippen LogP contribution in [0.2, 0.25) is 0 Å². The summed E-state index contributed by atoms with van der Waals surface area (Å²) in [5.74, 6) is -0.222. The van der Waals surface area contributed by atoms with Crippen LogP contribution in [0, 0.1) is 0 Å². The highest BCUT2D eigenvalue weighted by atomic mass is 19.3. The van der Waals surface area contributed by atoms with Gasteiger partial charge in [-0.05, 0) is 37.1 Å². The third kappa shape index (κ3) is 3.99. The number of anilines is 1. The summed E-state index contributed by atoms with van der Waals surface area (Å²) in [6.07, 6.45) is 2.04. The minimum Gasteiger partial charge on any atom is -0.434 e. The molecule has 0 unspecified atom stereocenters. The van der Waals surface area contributed by atoms with Crippen molar-refractivity contribution in [3.63, 3.8) is 0 Å². The van der Waals surface area contributed by atoms with Gasteiger partial charge < -0.3 is 14.5 Å². The molecule has 0 aliphatic carbocycles. The third-order valence-electron chi connectivity index (χ3n) is 4.07. The maximum absolute atomic E-state index is 12.4. The molecule has 0 saturated carbocycles. The molecule has 3 rings (SSSR count). The number of alkyl halides is 2. The molecular formula is C19H18F2N2O3. The zero-order valence-electron chi connectivity index (χ0n) is 14.1. The van der Waals surface area contributed by atoms with Gasteiger partial charge in [0.15, 0.2) is 6.61 Å². The standard InChI is InChI=1S/C19H18F2N2O3/c1-13-10-14-6-2-4-8-16(14)23(13)18(24)12-25-22-11-15-7-3-5-9-17(15)26-19(20)21/h2-9,11,13,19H,10,12H2,1H3/b22-11-/t13-/m0/s1.